The first-order valence-corrected chi connectivity index (χ1v) is 8.09. The molecular weight excluding hydrogens is 433 g/mol. The summed E-state index contributed by atoms with van der Waals surface area (Å²) in [7, 11) is 1.61. The summed E-state index contributed by atoms with van der Waals surface area (Å²) in [4.78, 5) is 8.74. The number of halogens is 1. The largest absolute Gasteiger partial charge is 0.481 e. The van der Waals surface area contributed by atoms with Crippen LogP contribution in [0.3, 0.4) is 0 Å². The summed E-state index contributed by atoms with van der Waals surface area (Å²) in [5.74, 6) is 2.42. The molecule has 0 bridgehead atoms. The van der Waals surface area contributed by atoms with E-state index >= 15 is 0 Å². The van der Waals surface area contributed by atoms with Gasteiger partial charge in [0.05, 0.1) is 25.9 Å². The quantitative estimate of drug-likeness (QED) is 0.376. The van der Waals surface area contributed by atoms with Crippen LogP contribution in [0.15, 0.2) is 33.9 Å². The Hall–Kier alpha value is -1.84. The highest BCUT2D eigenvalue weighted by molar-refractivity contribution is 14.0. The van der Waals surface area contributed by atoms with E-state index in [1.54, 1.807) is 13.3 Å². The van der Waals surface area contributed by atoms with Crippen LogP contribution in [0.5, 0.6) is 5.88 Å². The summed E-state index contributed by atoms with van der Waals surface area (Å²) < 4.78 is 10.6. The van der Waals surface area contributed by atoms with Crippen LogP contribution in [0.1, 0.15) is 43.7 Å². The predicted octanol–water partition coefficient (Wildman–Crippen LogP) is 3.07. The Labute approximate surface area is 165 Å². The zero-order chi connectivity index (χ0) is 17.4. The van der Waals surface area contributed by atoms with Gasteiger partial charge in [0.15, 0.2) is 11.7 Å². The molecule has 0 saturated heterocycles. The number of methoxy groups -OCH3 is 1. The van der Waals surface area contributed by atoms with Crippen LogP contribution < -0.4 is 15.4 Å². The van der Waals surface area contributed by atoms with Crippen molar-refractivity contribution in [2.45, 2.75) is 39.8 Å². The van der Waals surface area contributed by atoms with E-state index < -0.39 is 0 Å². The fourth-order valence-electron chi connectivity index (χ4n) is 2.09. The Morgan fingerprint density at radius 1 is 1.36 bits per heavy atom. The minimum Gasteiger partial charge on any atom is -0.481 e. The Balaban J connectivity index is 0.00000312. The molecule has 0 atom stereocenters. The summed E-state index contributed by atoms with van der Waals surface area (Å²) in [6, 6.07) is 5.78. The van der Waals surface area contributed by atoms with E-state index in [1.807, 2.05) is 25.1 Å². The molecule has 0 aromatic carbocycles. The fraction of sp³-hybridized carbons (Fsp3) is 0.471. The number of nitrogens with zero attached hydrogens (tertiary/aromatic N) is 3. The third-order valence-electron chi connectivity index (χ3n) is 3.39. The van der Waals surface area contributed by atoms with Crippen LogP contribution in [0, 0.1) is 0 Å². The molecule has 0 fully saturated rings. The molecule has 0 spiro atoms. The summed E-state index contributed by atoms with van der Waals surface area (Å²) in [5, 5.41) is 10.5. The van der Waals surface area contributed by atoms with Gasteiger partial charge in [-0.2, -0.15) is 0 Å². The van der Waals surface area contributed by atoms with Crippen LogP contribution in [0.2, 0.25) is 0 Å². The van der Waals surface area contributed by atoms with Gasteiger partial charge in [-0.25, -0.2) is 9.98 Å². The number of rotatable bonds is 7. The maximum atomic E-state index is 5.33. The maximum absolute atomic E-state index is 5.33. The van der Waals surface area contributed by atoms with Gasteiger partial charge in [0, 0.05) is 24.4 Å². The number of hydrogen-bond acceptors (Lipinski definition) is 5. The summed E-state index contributed by atoms with van der Waals surface area (Å²) >= 11 is 0. The van der Waals surface area contributed by atoms with E-state index in [4.69, 9.17) is 9.26 Å². The predicted molar refractivity (Wildman–Crippen MR) is 108 cm³/mol. The number of guanidine groups is 1. The Morgan fingerprint density at radius 2 is 2.16 bits per heavy atom. The topological polar surface area (TPSA) is 84.6 Å². The maximum Gasteiger partial charge on any atom is 0.218 e. The standard InChI is InChI=1S/C17H25N5O2.HI/c1-5-18-17(20-10-13-7-6-8-19-16(13)23-4)21-11-14-9-15(12(2)3)22-24-14;/h6-9,12H,5,10-11H2,1-4H3,(H2,18,20,21);1H. The average molecular weight is 459 g/mol. The van der Waals surface area contributed by atoms with Crippen molar-refractivity contribution >= 4 is 29.9 Å². The molecular formula is C17H26IN5O2. The van der Waals surface area contributed by atoms with E-state index in [2.05, 4.69) is 39.6 Å². The van der Waals surface area contributed by atoms with Crippen molar-refractivity contribution in [1.29, 1.82) is 0 Å². The number of ether oxygens (including phenoxy) is 1. The summed E-state index contributed by atoms with van der Waals surface area (Å²) in [6.07, 6.45) is 1.70. The van der Waals surface area contributed by atoms with Gasteiger partial charge in [-0.15, -0.1) is 24.0 Å². The lowest BCUT2D eigenvalue weighted by Gasteiger charge is -2.10. The molecule has 2 heterocycles. The highest BCUT2D eigenvalue weighted by atomic mass is 127. The van der Waals surface area contributed by atoms with Crippen molar-refractivity contribution in [3.05, 3.63) is 41.4 Å². The van der Waals surface area contributed by atoms with Gasteiger partial charge < -0.3 is 19.9 Å². The third-order valence-corrected chi connectivity index (χ3v) is 3.39. The van der Waals surface area contributed by atoms with E-state index in [9.17, 15) is 0 Å². The minimum absolute atomic E-state index is 0. The molecule has 8 heteroatoms. The van der Waals surface area contributed by atoms with Crippen molar-refractivity contribution in [3.8, 4) is 5.88 Å². The molecule has 25 heavy (non-hydrogen) atoms. The van der Waals surface area contributed by atoms with E-state index in [1.165, 1.54) is 0 Å². The summed E-state index contributed by atoms with van der Waals surface area (Å²) in [6.45, 7) is 7.95. The monoisotopic (exact) mass is 459 g/mol. The molecule has 0 radical (unpaired) electrons. The molecule has 0 saturated carbocycles. The number of nitrogens with one attached hydrogen (secondary N) is 2. The van der Waals surface area contributed by atoms with Gasteiger partial charge in [-0.05, 0) is 18.9 Å². The molecule has 0 unspecified atom stereocenters. The highest BCUT2D eigenvalue weighted by Gasteiger charge is 2.08. The molecule has 0 aliphatic rings. The van der Waals surface area contributed by atoms with Gasteiger partial charge >= 0.3 is 0 Å². The minimum atomic E-state index is 0. The second-order valence-corrected chi connectivity index (χ2v) is 5.59. The SMILES string of the molecule is CCNC(=NCc1cccnc1OC)NCc1cc(C(C)C)no1.I. The number of pyridine rings is 1. The first-order chi connectivity index (χ1) is 11.6. The lowest BCUT2D eigenvalue weighted by atomic mass is 10.1. The van der Waals surface area contributed by atoms with Crippen molar-refractivity contribution in [3.63, 3.8) is 0 Å². The smallest absolute Gasteiger partial charge is 0.218 e. The van der Waals surface area contributed by atoms with Crippen molar-refractivity contribution in [2.24, 2.45) is 4.99 Å². The molecule has 2 N–H and O–H groups in total. The molecule has 0 aliphatic carbocycles. The van der Waals surface area contributed by atoms with Crippen LogP contribution in [-0.2, 0) is 13.1 Å². The molecule has 2 aromatic rings. The molecule has 0 amide bonds. The second kappa shape index (κ2) is 10.9. The van der Waals surface area contributed by atoms with Gasteiger partial charge in [0.1, 0.15) is 0 Å². The van der Waals surface area contributed by atoms with E-state index in [-0.39, 0.29) is 24.0 Å². The molecule has 0 aliphatic heterocycles. The molecule has 2 rings (SSSR count). The first kappa shape index (κ1) is 21.2. The van der Waals surface area contributed by atoms with E-state index in [0.29, 0.717) is 30.8 Å². The lowest BCUT2D eigenvalue weighted by molar-refractivity contribution is 0.372. The van der Waals surface area contributed by atoms with Gasteiger partial charge in [0.2, 0.25) is 5.88 Å². The Bertz CT molecular complexity index is 673. The van der Waals surface area contributed by atoms with E-state index in [0.717, 1.165) is 23.6 Å². The normalized spacial score (nSPS) is 11.2. The van der Waals surface area contributed by atoms with Crippen LogP contribution in [0.4, 0.5) is 0 Å². The number of aliphatic imine (C=N–C) groups is 1. The fourth-order valence-corrected chi connectivity index (χ4v) is 2.09. The van der Waals surface area contributed by atoms with Crippen molar-refractivity contribution < 1.29 is 9.26 Å². The van der Waals surface area contributed by atoms with Gasteiger partial charge in [0.25, 0.3) is 0 Å². The zero-order valence-corrected chi connectivity index (χ0v) is 17.4. The van der Waals surface area contributed by atoms with Crippen LogP contribution in [0.25, 0.3) is 0 Å². The number of aromatic nitrogens is 2. The second-order valence-electron chi connectivity index (χ2n) is 5.59. The average Bonchev–Trinajstić information content (AvgIpc) is 3.07. The van der Waals surface area contributed by atoms with Crippen molar-refractivity contribution in [2.75, 3.05) is 13.7 Å². The molecule has 138 valence electrons. The van der Waals surface area contributed by atoms with Gasteiger partial charge in [-0.1, -0.05) is 25.1 Å². The molecule has 2 aromatic heterocycles. The van der Waals surface area contributed by atoms with Crippen LogP contribution in [-0.4, -0.2) is 29.8 Å². The van der Waals surface area contributed by atoms with Gasteiger partial charge in [-0.3, -0.25) is 0 Å². The van der Waals surface area contributed by atoms with Crippen molar-refractivity contribution in [1.82, 2.24) is 20.8 Å². The van der Waals surface area contributed by atoms with Crippen LogP contribution >= 0.6 is 24.0 Å². The first-order valence-electron chi connectivity index (χ1n) is 8.09. The molecule has 7 nitrogen and oxygen atoms in total. The lowest BCUT2D eigenvalue weighted by Crippen LogP contribution is -2.36. The summed E-state index contributed by atoms with van der Waals surface area (Å²) in [5.41, 5.74) is 1.88. The Kier molecular flexibility index (Phi) is 9.25. The Morgan fingerprint density at radius 3 is 2.80 bits per heavy atom. The third kappa shape index (κ3) is 6.52. The zero-order valence-electron chi connectivity index (χ0n) is 15.1. The highest BCUT2D eigenvalue weighted by Crippen LogP contribution is 2.15. The number of hydrogen-bond donors (Lipinski definition) is 2.